The van der Waals surface area contributed by atoms with E-state index in [1.165, 1.54) is 0 Å². The standard InChI is InChI=1S/C13H20N4O2/c1-17(2)13-14-7-6-11(16-13)15-8-9-4-3-5-10(9)12(18)19/h6-7,9-10H,3-5,8H2,1-2H3,(H,18,19)(H,14,15,16). The smallest absolute Gasteiger partial charge is 0.306 e. The molecular weight excluding hydrogens is 244 g/mol. The zero-order valence-electron chi connectivity index (χ0n) is 11.3. The van der Waals surface area contributed by atoms with Crippen molar-refractivity contribution in [1.29, 1.82) is 0 Å². The Bertz CT molecular complexity index is 450. The summed E-state index contributed by atoms with van der Waals surface area (Å²) < 4.78 is 0. The summed E-state index contributed by atoms with van der Waals surface area (Å²) in [7, 11) is 3.77. The van der Waals surface area contributed by atoms with Crippen LogP contribution in [0.2, 0.25) is 0 Å². The molecule has 1 heterocycles. The van der Waals surface area contributed by atoms with Gasteiger partial charge in [-0.15, -0.1) is 0 Å². The molecule has 1 aromatic heterocycles. The van der Waals surface area contributed by atoms with Crippen LogP contribution in [0.5, 0.6) is 0 Å². The van der Waals surface area contributed by atoms with E-state index in [0.29, 0.717) is 12.5 Å². The number of hydrogen-bond acceptors (Lipinski definition) is 5. The third kappa shape index (κ3) is 3.33. The topological polar surface area (TPSA) is 78.4 Å². The predicted octanol–water partition coefficient (Wildman–Crippen LogP) is 1.46. The van der Waals surface area contributed by atoms with Gasteiger partial charge in [0.25, 0.3) is 0 Å². The van der Waals surface area contributed by atoms with Crippen molar-refractivity contribution in [3.63, 3.8) is 0 Å². The number of nitrogens with zero attached hydrogens (tertiary/aromatic N) is 3. The third-order valence-electron chi connectivity index (χ3n) is 3.56. The van der Waals surface area contributed by atoms with Gasteiger partial charge < -0.3 is 15.3 Å². The lowest BCUT2D eigenvalue weighted by Gasteiger charge is -2.17. The van der Waals surface area contributed by atoms with Gasteiger partial charge in [0, 0.05) is 26.8 Å². The molecule has 19 heavy (non-hydrogen) atoms. The molecule has 0 saturated heterocycles. The van der Waals surface area contributed by atoms with Crippen molar-refractivity contribution in [3.05, 3.63) is 12.3 Å². The van der Waals surface area contributed by atoms with Crippen LogP contribution in [-0.4, -0.2) is 41.7 Å². The van der Waals surface area contributed by atoms with E-state index in [1.54, 1.807) is 12.3 Å². The third-order valence-corrected chi connectivity index (χ3v) is 3.56. The minimum Gasteiger partial charge on any atom is -0.481 e. The number of rotatable bonds is 5. The highest BCUT2D eigenvalue weighted by Crippen LogP contribution is 2.31. The second kappa shape index (κ2) is 5.86. The van der Waals surface area contributed by atoms with Crippen LogP contribution in [0.4, 0.5) is 11.8 Å². The van der Waals surface area contributed by atoms with E-state index < -0.39 is 5.97 Å². The summed E-state index contributed by atoms with van der Waals surface area (Å²) >= 11 is 0. The average molecular weight is 264 g/mol. The summed E-state index contributed by atoms with van der Waals surface area (Å²) in [4.78, 5) is 21.4. The normalized spacial score (nSPS) is 22.2. The summed E-state index contributed by atoms with van der Waals surface area (Å²) in [5, 5.41) is 12.4. The Morgan fingerprint density at radius 2 is 2.32 bits per heavy atom. The molecule has 2 unspecified atom stereocenters. The van der Waals surface area contributed by atoms with Crippen LogP contribution in [0, 0.1) is 11.8 Å². The van der Waals surface area contributed by atoms with Gasteiger partial charge in [-0.2, -0.15) is 4.98 Å². The molecule has 0 aliphatic heterocycles. The summed E-state index contributed by atoms with van der Waals surface area (Å²) in [5.41, 5.74) is 0. The lowest BCUT2D eigenvalue weighted by atomic mass is 9.96. The van der Waals surface area contributed by atoms with E-state index in [-0.39, 0.29) is 11.8 Å². The Labute approximate surface area is 112 Å². The molecule has 2 N–H and O–H groups in total. The van der Waals surface area contributed by atoms with Crippen molar-refractivity contribution < 1.29 is 9.90 Å². The second-order valence-corrected chi connectivity index (χ2v) is 5.15. The molecule has 1 fully saturated rings. The Hall–Kier alpha value is -1.85. The van der Waals surface area contributed by atoms with Gasteiger partial charge in [-0.1, -0.05) is 6.42 Å². The molecule has 0 bridgehead atoms. The van der Waals surface area contributed by atoms with E-state index in [9.17, 15) is 4.79 Å². The first-order valence-corrected chi connectivity index (χ1v) is 6.55. The molecule has 6 heteroatoms. The van der Waals surface area contributed by atoms with Crippen LogP contribution in [0.1, 0.15) is 19.3 Å². The number of anilines is 2. The van der Waals surface area contributed by atoms with E-state index in [0.717, 1.165) is 25.1 Å². The lowest BCUT2D eigenvalue weighted by molar-refractivity contribution is -0.142. The first-order chi connectivity index (χ1) is 9.08. The molecule has 2 atom stereocenters. The molecule has 0 spiro atoms. The van der Waals surface area contributed by atoms with Crippen molar-refractivity contribution in [1.82, 2.24) is 9.97 Å². The van der Waals surface area contributed by atoms with Crippen molar-refractivity contribution in [3.8, 4) is 0 Å². The second-order valence-electron chi connectivity index (χ2n) is 5.15. The number of carbonyl (C=O) groups is 1. The number of carboxylic acid groups (broad SMARTS) is 1. The summed E-state index contributed by atoms with van der Waals surface area (Å²) in [6.07, 6.45) is 4.45. The van der Waals surface area contributed by atoms with E-state index in [4.69, 9.17) is 5.11 Å². The molecule has 1 saturated carbocycles. The highest BCUT2D eigenvalue weighted by molar-refractivity contribution is 5.70. The van der Waals surface area contributed by atoms with Crippen LogP contribution in [0.3, 0.4) is 0 Å². The first-order valence-electron chi connectivity index (χ1n) is 6.55. The van der Waals surface area contributed by atoms with Crippen LogP contribution in [0.15, 0.2) is 12.3 Å². The Morgan fingerprint density at radius 1 is 1.53 bits per heavy atom. The van der Waals surface area contributed by atoms with Crippen LogP contribution in [0.25, 0.3) is 0 Å². The van der Waals surface area contributed by atoms with Crippen LogP contribution in [-0.2, 0) is 4.79 Å². The average Bonchev–Trinajstić information content (AvgIpc) is 2.85. The molecule has 0 aromatic carbocycles. The van der Waals surface area contributed by atoms with E-state index >= 15 is 0 Å². The van der Waals surface area contributed by atoms with Gasteiger partial charge in [-0.3, -0.25) is 4.79 Å². The largest absolute Gasteiger partial charge is 0.481 e. The maximum atomic E-state index is 11.1. The van der Waals surface area contributed by atoms with Gasteiger partial charge >= 0.3 is 5.97 Å². The molecular formula is C13H20N4O2. The minimum absolute atomic E-state index is 0.190. The van der Waals surface area contributed by atoms with Crippen LogP contribution >= 0.6 is 0 Å². The zero-order chi connectivity index (χ0) is 13.8. The molecule has 104 valence electrons. The van der Waals surface area contributed by atoms with Crippen LogP contribution < -0.4 is 10.2 Å². The number of nitrogens with one attached hydrogen (secondary N) is 1. The van der Waals surface area contributed by atoms with Gasteiger partial charge in [-0.25, -0.2) is 4.98 Å². The van der Waals surface area contributed by atoms with Crippen molar-refractivity contribution in [2.24, 2.45) is 11.8 Å². The Kier molecular flexibility index (Phi) is 4.19. The molecule has 1 aliphatic rings. The van der Waals surface area contributed by atoms with Gasteiger partial charge in [0.15, 0.2) is 0 Å². The van der Waals surface area contributed by atoms with Gasteiger partial charge in [0.1, 0.15) is 5.82 Å². The molecule has 0 radical (unpaired) electrons. The van der Waals surface area contributed by atoms with Crippen molar-refractivity contribution >= 4 is 17.7 Å². The Balaban J connectivity index is 1.95. The number of hydrogen-bond donors (Lipinski definition) is 2. The molecule has 2 rings (SSSR count). The Morgan fingerprint density at radius 3 is 3.00 bits per heavy atom. The highest BCUT2D eigenvalue weighted by Gasteiger charge is 2.32. The van der Waals surface area contributed by atoms with Crippen molar-refractivity contribution in [2.45, 2.75) is 19.3 Å². The van der Waals surface area contributed by atoms with Gasteiger partial charge in [0.05, 0.1) is 5.92 Å². The zero-order valence-corrected chi connectivity index (χ0v) is 11.3. The van der Waals surface area contributed by atoms with E-state index in [1.807, 2.05) is 19.0 Å². The minimum atomic E-state index is -0.680. The molecule has 1 aromatic rings. The number of carboxylic acids is 1. The summed E-state index contributed by atoms with van der Waals surface area (Å²) in [6, 6.07) is 1.80. The summed E-state index contributed by atoms with van der Waals surface area (Å²) in [6.45, 7) is 0.654. The fraction of sp³-hybridized carbons (Fsp3) is 0.615. The number of aliphatic carboxylic acids is 1. The lowest BCUT2D eigenvalue weighted by Crippen LogP contribution is -2.25. The fourth-order valence-electron chi connectivity index (χ4n) is 2.50. The van der Waals surface area contributed by atoms with E-state index in [2.05, 4.69) is 15.3 Å². The van der Waals surface area contributed by atoms with Crippen molar-refractivity contribution in [2.75, 3.05) is 30.9 Å². The SMILES string of the molecule is CN(C)c1nccc(NCC2CCCC2C(=O)O)n1. The summed E-state index contributed by atoms with van der Waals surface area (Å²) in [5.74, 6) is 0.680. The first kappa shape index (κ1) is 13.6. The van der Waals surface area contributed by atoms with Gasteiger partial charge in [0.2, 0.25) is 5.95 Å². The quantitative estimate of drug-likeness (QED) is 0.838. The maximum Gasteiger partial charge on any atom is 0.306 e. The van der Waals surface area contributed by atoms with Gasteiger partial charge in [-0.05, 0) is 24.8 Å². The highest BCUT2D eigenvalue weighted by atomic mass is 16.4. The molecule has 6 nitrogen and oxygen atoms in total. The monoisotopic (exact) mass is 264 g/mol. The number of aromatic nitrogens is 2. The molecule has 1 aliphatic carbocycles. The predicted molar refractivity (Wildman–Crippen MR) is 73.3 cm³/mol. The maximum absolute atomic E-state index is 11.1. The fourth-order valence-corrected chi connectivity index (χ4v) is 2.50. The molecule has 0 amide bonds.